The molecule has 0 aliphatic rings. The van der Waals surface area contributed by atoms with Crippen molar-refractivity contribution in [2.45, 2.75) is 4.90 Å². The number of nitrogens with one attached hydrogen (secondary N) is 1. The van der Waals surface area contributed by atoms with Crippen molar-refractivity contribution < 1.29 is 23.2 Å². The van der Waals surface area contributed by atoms with E-state index in [9.17, 15) is 23.2 Å². The van der Waals surface area contributed by atoms with Crippen LogP contribution in [-0.4, -0.2) is 33.2 Å². The largest absolute Gasteiger partial charge is 0.507 e. The molecule has 0 aliphatic heterocycles. The van der Waals surface area contributed by atoms with Gasteiger partial charge in [0.25, 0.3) is 10.1 Å². The molecule has 5 rings (SSSR count). The Labute approximate surface area is 187 Å². The second kappa shape index (κ2) is 7.23. The van der Waals surface area contributed by atoms with E-state index in [1.807, 2.05) is 0 Å². The first kappa shape index (κ1) is 20.3. The number of para-hydroxylation sites is 1. The van der Waals surface area contributed by atoms with E-state index < -0.39 is 15.0 Å². The van der Waals surface area contributed by atoms with Crippen molar-refractivity contribution in [2.75, 3.05) is 0 Å². The second-order valence-electron chi connectivity index (χ2n) is 7.27. The normalized spacial score (nSPS) is 11.9. The topological polar surface area (TPSA) is 124 Å². The molecule has 0 fully saturated rings. The standard InChI is InChI=1S/C23H15ClN2O5S/c24-14-7-4-12(5-8-14)16-2-1-3-17(22(16)28)23-25-18-9-6-13-10-15(32(29,30)31)11-19(27)20(13)21(18)26-23/h1-11,27-28H,(H,25,26)(H,29,30,31). The highest BCUT2D eigenvalue weighted by atomic mass is 35.5. The van der Waals surface area contributed by atoms with Crippen LogP contribution in [0.2, 0.25) is 5.02 Å². The molecular weight excluding hydrogens is 452 g/mol. The van der Waals surface area contributed by atoms with Gasteiger partial charge in [-0.25, -0.2) is 4.98 Å². The third-order valence-corrected chi connectivity index (χ3v) is 6.35. The van der Waals surface area contributed by atoms with Crippen molar-refractivity contribution in [3.8, 4) is 34.0 Å². The van der Waals surface area contributed by atoms with E-state index in [0.29, 0.717) is 43.8 Å². The zero-order valence-corrected chi connectivity index (χ0v) is 17.8. The summed E-state index contributed by atoms with van der Waals surface area (Å²) in [5.74, 6) is 0.0630. The lowest BCUT2D eigenvalue weighted by Gasteiger charge is -2.08. The highest BCUT2D eigenvalue weighted by molar-refractivity contribution is 7.85. The van der Waals surface area contributed by atoms with Gasteiger partial charge in [0.05, 0.1) is 21.4 Å². The summed E-state index contributed by atoms with van der Waals surface area (Å²) in [5, 5.41) is 22.7. The van der Waals surface area contributed by atoms with E-state index in [0.717, 1.165) is 11.6 Å². The molecule has 4 N–H and O–H groups in total. The van der Waals surface area contributed by atoms with Crippen LogP contribution in [0.4, 0.5) is 0 Å². The minimum atomic E-state index is -4.48. The van der Waals surface area contributed by atoms with Gasteiger partial charge < -0.3 is 15.2 Å². The summed E-state index contributed by atoms with van der Waals surface area (Å²) in [7, 11) is -4.48. The first-order chi connectivity index (χ1) is 15.2. The molecule has 32 heavy (non-hydrogen) atoms. The van der Waals surface area contributed by atoms with E-state index in [4.69, 9.17) is 11.6 Å². The number of nitrogens with zero attached hydrogens (tertiary/aromatic N) is 1. The quantitative estimate of drug-likeness (QED) is 0.265. The van der Waals surface area contributed by atoms with E-state index in [1.165, 1.54) is 6.07 Å². The molecule has 0 aliphatic carbocycles. The molecule has 1 heterocycles. The van der Waals surface area contributed by atoms with Crippen molar-refractivity contribution in [3.05, 3.63) is 71.8 Å². The average Bonchev–Trinajstić information content (AvgIpc) is 3.18. The molecule has 0 saturated carbocycles. The minimum absolute atomic E-state index is 0.0241. The number of aromatic nitrogens is 2. The third kappa shape index (κ3) is 3.34. The van der Waals surface area contributed by atoms with Gasteiger partial charge >= 0.3 is 0 Å². The van der Waals surface area contributed by atoms with Crippen LogP contribution in [0.25, 0.3) is 44.3 Å². The van der Waals surface area contributed by atoms with Crippen molar-refractivity contribution in [2.24, 2.45) is 0 Å². The van der Waals surface area contributed by atoms with Gasteiger partial charge in [0.15, 0.2) is 0 Å². The fraction of sp³-hybridized carbons (Fsp3) is 0. The van der Waals surface area contributed by atoms with E-state index in [-0.39, 0.29) is 11.5 Å². The second-order valence-corrected chi connectivity index (χ2v) is 9.13. The lowest BCUT2D eigenvalue weighted by atomic mass is 10.0. The van der Waals surface area contributed by atoms with Crippen LogP contribution in [0.3, 0.4) is 0 Å². The Bertz CT molecular complexity index is 1630. The first-order valence-corrected chi connectivity index (χ1v) is 11.3. The summed E-state index contributed by atoms with van der Waals surface area (Å²) in [6, 6.07) is 17.9. The number of aromatic hydroxyl groups is 2. The maximum absolute atomic E-state index is 11.5. The van der Waals surface area contributed by atoms with E-state index in [2.05, 4.69) is 9.97 Å². The molecule has 0 bridgehead atoms. The summed E-state index contributed by atoms with van der Waals surface area (Å²) < 4.78 is 32.3. The van der Waals surface area contributed by atoms with Crippen molar-refractivity contribution >= 4 is 43.5 Å². The van der Waals surface area contributed by atoms with E-state index >= 15 is 0 Å². The Morgan fingerprint density at radius 1 is 0.906 bits per heavy atom. The number of halogens is 1. The van der Waals surface area contributed by atoms with Gasteiger partial charge in [-0.2, -0.15) is 8.42 Å². The molecule has 0 amide bonds. The number of phenols is 2. The number of benzene rings is 4. The monoisotopic (exact) mass is 466 g/mol. The van der Waals surface area contributed by atoms with Gasteiger partial charge in [-0.1, -0.05) is 41.9 Å². The molecule has 0 spiro atoms. The Morgan fingerprint density at radius 2 is 1.62 bits per heavy atom. The molecule has 1 aromatic heterocycles. The summed E-state index contributed by atoms with van der Waals surface area (Å²) in [6.07, 6.45) is 0. The summed E-state index contributed by atoms with van der Waals surface area (Å²) in [4.78, 5) is 7.29. The van der Waals surface area contributed by atoms with Crippen LogP contribution >= 0.6 is 11.6 Å². The Morgan fingerprint density at radius 3 is 2.34 bits per heavy atom. The van der Waals surface area contributed by atoms with Crippen LogP contribution in [0, 0.1) is 0 Å². The van der Waals surface area contributed by atoms with Gasteiger partial charge in [-0.15, -0.1) is 0 Å². The van der Waals surface area contributed by atoms with Crippen LogP contribution in [0.5, 0.6) is 11.5 Å². The van der Waals surface area contributed by atoms with Gasteiger partial charge in [-0.05, 0) is 41.3 Å². The summed E-state index contributed by atoms with van der Waals surface area (Å²) in [5.41, 5.74) is 2.82. The van der Waals surface area contributed by atoms with Crippen LogP contribution in [0.15, 0.2) is 71.6 Å². The molecule has 5 aromatic rings. The summed E-state index contributed by atoms with van der Waals surface area (Å²) in [6.45, 7) is 0. The number of fused-ring (bicyclic) bond motifs is 3. The van der Waals surface area contributed by atoms with Gasteiger partial charge in [0, 0.05) is 16.7 Å². The SMILES string of the molecule is O=S(=O)(O)c1cc(O)c2c(ccc3[nH]c(-c4cccc(-c5ccc(Cl)cc5)c4O)nc32)c1. The Balaban J connectivity index is 1.70. The fourth-order valence-electron chi connectivity index (χ4n) is 3.76. The zero-order valence-electron chi connectivity index (χ0n) is 16.2. The fourth-order valence-corrected chi connectivity index (χ4v) is 4.42. The van der Waals surface area contributed by atoms with E-state index in [1.54, 1.807) is 54.6 Å². The highest BCUT2D eigenvalue weighted by Gasteiger charge is 2.19. The van der Waals surface area contributed by atoms with Crippen LogP contribution in [0.1, 0.15) is 0 Å². The molecule has 0 atom stereocenters. The lowest BCUT2D eigenvalue weighted by molar-refractivity contribution is 0.471. The van der Waals surface area contributed by atoms with Gasteiger partial charge in [0.2, 0.25) is 0 Å². The van der Waals surface area contributed by atoms with Crippen molar-refractivity contribution in [1.82, 2.24) is 9.97 Å². The molecule has 0 saturated heterocycles. The van der Waals surface area contributed by atoms with Gasteiger partial charge in [-0.3, -0.25) is 4.55 Å². The predicted octanol–water partition coefficient (Wildman–Crippen LogP) is 5.36. The molecule has 0 radical (unpaired) electrons. The number of hydrogen-bond donors (Lipinski definition) is 4. The van der Waals surface area contributed by atoms with Crippen molar-refractivity contribution in [3.63, 3.8) is 0 Å². The maximum Gasteiger partial charge on any atom is 0.294 e. The number of rotatable bonds is 3. The summed E-state index contributed by atoms with van der Waals surface area (Å²) >= 11 is 5.96. The molecule has 9 heteroatoms. The number of H-pyrrole nitrogens is 1. The average molecular weight is 467 g/mol. The minimum Gasteiger partial charge on any atom is -0.507 e. The van der Waals surface area contributed by atoms with Gasteiger partial charge in [0.1, 0.15) is 22.8 Å². The zero-order chi connectivity index (χ0) is 22.6. The predicted molar refractivity (Wildman–Crippen MR) is 123 cm³/mol. The first-order valence-electron chi connectivity index (χ1n) is 9.43. The third-order valence-electron chi connectivity index (χ3n) is 5.26. The number of hydrogen-bond acceptors (Lipinski definition) is 5. The Hall–Kier alpha value is -3.59. The molecule has 4 aromatic carbocycles. The number of imidazole rings is 1. The number of aromatic amines is 1. The smallest absolute Gasteiger partial charge is 0.294 e. The maximum atomic E-state index is 11.5. The number of phenolic OH excluding ortho intramolecular Hbond substituents is 2. The molecule has 160 valence electrons. The van der Waals surface area contributed by atoms with Crippen LogP contribution < -0.4 is 0 Å². The lowest BCUT2D eigenvalue weighted by Crippen LogP contribution is -1.97. The highest BCUT2D eigenvalue weighted by Crippen LogP contribution is 2.40. The molecule has 7 nitrogen and oxygen atoms in total. The molecular formula is C23H15ClN2O5S. The van der Waals surface area contributed by atoms with Crippen LogP contribution in [-0.2, 0) is 10.1 Å². The van der Waals surface area contributed by atoms with Crippen molar-refractivity contribution in [1.29, 1.82) is 0 Å². The Kier molecular flexibility index (Phi) is 4.59. The molecule has 0 unspecified atom stereocenters.